The van der Waals surface area contributed by atoms with Crippen LogP contribution in [0.2, 0.25) is 0 Å². The van der Waals surface area contributed by atoms with E-state index in [4.69, 9.17) is 0 Å². The summed E-state index contributed by atoms with van der Waals surface area (Å²) in [6.45, 7) is 2.07. The topological polar surface area (TPSA) is 78.9 Å². The Balaban J connectivity index is 1.92. The third-order valence-electron chi connectivity index (χ3n) is 2.13. The predicted octanol–water partition coefficient (Wildman–Crippen LogP) is 1.40. The van der Waals surface area contributed by atoms with Gasteiger partial charge >= 0.3 is 0 Å². The summed E-state index contributed by atoms with van der Waals surface area (Å²) >= 11 is 0. The highest BCUT2D eigenvalue weighted by atomic mass is 15.5. The Bertz CT molecular complexity index is 436. The van der Waals surface area contributed by atoms with Crippen molar-refractivity contribution in [3.63, 3.8) is 0 Å². The first-order valence-corrected chi connectivity index (χ1v) is 4.94. The van der Waals surface area contributed by atoms with E-state index < -0.39 is 0 Å². The van der Waals surface area contributed by atoms with Crippen molar-refractivity contribution in [2.45, 2.75) is 12.8 Å². The minimum atomic E-state index is 0.237. The Hall–Kier alpha value is -2.24. The first-order valence-electron chi connectivity index (χ1n) is 4.94. The molecule has 0 fully saturated rings. The molecule has 6 nitrogen and oxygen atoms in total. The molecule has 2 rings (SSSR count). The van der Waals surface area contributed by atoms with Crippen LogP contribution in [0.1, 0.15) is 18.4 Å². The van der Waals surface area contributed by atoms with Crippen LogP contribution < -0.4 is 5.43 Å². The maximum absolute atomic E-state index is 4.03. The van der Waals surface area contributed by atoms with Crippen LogP contribution in [0.5, 0.6) is 0 Å². The molecular weight excluding hydrogens is 204 g/mol. The van der Waals surface area contributed by atoms with Crippen LogP contribution in [0.25, 0.3) is 0 Å². The van der Waals surface area contributed by atoms with Crippen molar-refractivity contribution in [1.82, 2.24) is 20.6 Å². The van der Waals surface area contributed by atoms with Gasteiger partial charge in [0.15, 0.2) is 0 Å². The van der Waals surface area contributed by atoms with Crippen molar-refractivity contribution in [2.24, 2.45) is 5.10 Å². The zero-order valence-electron chi connectivity index (χ0n) is 8.83. The number of H-pyrrole nitrogens is 1. The zero-order chi connectivity index (χ0) is 11.2. The first kappa shape index (κ1) is 10.3. The van der Waals surface area contributed by atoms with Crippen molar-refractivity contribution in [3.05, 3.63) is 35.9 Å². The number of anilines is 1. The van der Waals surface area contributed by atoms with Crippen molar-refractivity contribution in [2.75, 3.05) is 5.43 Å². The maximum Gasteiger partial charge on any atom is 0.283 e. The first-order chi connectivity index (χ1) is 7.86. The summed E-state index contributed by atoms with van der Waals surface area (Å²) < 4.78 is 0. The van der Waals surface area contributed by atoms with E-state index in [-0.39, 0.29) is 5.92 Å². The number of nitrogens with zero attached hydrogens (tertiary/aromatic N) is 4. The van der Waals surface area contributed by atoms with Gasteiger partial charge < -0.3 is 0 Å². The molecule has 1 atom stereocenters. The van der Waals surface area contributed by atoms with Gasteiger partial charge in [0.05, 0.1) is 0 Å². The van der Waals surface area contributed by atoms with Gasteiger partial charge in [-0.25, -0.2) is 5.43 Å². The Labute approximate surface area is 92.8 Å². The molecule has 0 spiro atoms. The van der Waals surface area contributed by atoms with Gasteiger partial charge in [0, 0.05) is 12.1 Å². The summed E-state index contributed by atoms with van der Waals surface area (Å²) in [7, 11) is 0. The van der Waals surface area contributed by atoms with Gasteiger partial charge in [0.25, 0.3) is 5.95 Å². The van der Waals surface area contributed by atoms with Gasteiger partial charge in [-0.2, -0.15) is 10.3 Å². The van der Waals surface area contributed by atoms with Gasteiger partial charge in [0.1, 0.15) is 0 Å². The van der Waals surface area contributed by atoms with Gasteiger partial charge in [-0.3, -0.25) is 0 Å². The van der Waals surface area contributed by atoms with Crippen LogP contribution in [0, 0.1) is 0 Å². The number of aromatic nitrogens is 4. The molecule has 0 radical (unpaired) electrons. The summed E-state index contributed by atoms with van der Waals surface area (Å²) in [5, 5.41) is 17.2. The lowest BCUT2D eigenvalue weighted by atomic mass is 10.0. The largest absolute Gasteiger partial charge is 0.283 e. The van der Waals surface area contributed by atoms with E-state index >= 15 is 0 Å². The molecule has 1 aromatic carbocycles. The summed E-state index contributed by atoms with van der Waals surface area (Å²) in [6, 6.07) is 10.1. The molecule has 0 saturated heterocycles. The lowest BCUT2D eigenvalue weighted by Crippen LogP contribution is -1.98. The molecular formula is C10H12N6. The number of benzene rings is 1. The highest BCUT2D eigenvalue weighted by molar-refractivity contribution is 5.67. The Kier molecular flexibility index (Phi) is 3.22. The van der Waals surface area contributed by atoms with E-state index in [0.29, 0.717) is 5.95 Å². The fourth-order valence-corrected chi connectivity index (χ4v) is 1.26. The van der Waals surface area contributed by atoms with Gasteiger partial charge in [-0.05, 0) is 10.8 Å². The molecule has 0 aliphatic rings. The molecule has 2 aromatic rings. The monoisotopic (exact) mass is 216 g/mol. The second-order valence-corrected chi connectivity index (χ2v) is 3.32. The number of tetrazole rings is 1. The standard InChI is InChI=1S/C10H12N6/c1-8(9-5-3-2-4-6-9)7-11-12-10-13-15-16-14-10/h2-8H,1H3,(H2,12,13,14,15,16)/b11-7+. The van der Waals surface area contributed by atoms with Crippen LogP contribution in [0.3, 0.4) is 0 Å². The van der Waals surface area contributed by atoms with Crippen molar-refractivity contribution >= 4 is 12.2 Å². The zero-order valence-corrected chi connectivity index (χ0v) is 8.83. The SMILES string of the molecule is CC(/C=N/Nc1nn[nH]n1)c1ccccc1. The van der Waals surface area contributed by atoms with Crippen LogP contribution >= 0.6 is 0 Å². The molecule has 2 N–H and O–H groups in total. The molecule has 6 heteroatoms. The quantitative estimate of drug-likeness (QED) is 0.598. The van der Waals surface area contributed by atoms with E-state index in [1.54, 1.807) is 6.21 Å². The number of rotatable bonds is 4. The molecule has 0 aliphatic carbocycles. The minimum Gasteiger partial charge on any atom is -0.243 e. The number of aromatic amines is 1. The van der Waals surface area contributed by atoms with Crippen molar-refractivity contribution < 1.29 is 0 Å². The van der Waals surface area contributed by atoms with E-state index in [1.165, 1.54) is 5.56 Å². The summed E-state index contributed by atoms with van der Waals surface area (Å²) in [5.41, 5.74) is 3.89. The highest BCUT2D eigenvalue weighted by Gasteiger charge is 2.00. The maximum atomic E-state index is 4.03. The van der Waals surface area contributed by atoms with Crippen LogP contribution in [-0.2, 0) is 0 Å². The van der Waals surface area contributed by atoms with E-state index in [1.807, 2.05) is 18.2 Å². The summed E-state index contributed by atoms with van der Waals surface area (Å²) in [5.74, 6) is 0.595. The van der Waals surface area contributed by atoms with Gasteiger partial charge in [0.2, 0.25) is 0 Å². The van der Waals surface area contributed by atoms with Crippen molar-refractivity contribution in [1.29, 1.82) is 0 Å². The lowest BCUT2D eigenvalue weighted by molar-refractivity contribution is 0.881. The number of hydrogen-bond donors (Lipinski definition) is 2. The van der Waals surface area contributed by atoms with Crippen LogP contribution in [0.4, 0.5) is 5.95 Å². The Morgan fingerprint density at radius 3 is 2.88 bits per heavy atom. The van der Waals surface area contributed by atoms with Gasteiger partial charge in [-0.1, -0.05) is 42.4 Å². The Morgan fingerprint density at radius 1 is 1.38 bits per heavy atom. The average molecular weight is 216 g/mol. The number of nitrogens with one attached hydrogen (secondary N) is 2. The highest BCUT2D eigenvalue weighted by Crippen LogP contribution is 2.11. The smallest absolute Gasteiger partial charge is 0.243 e. The van der Waals surface area contributed by atoms with Crippen molar-refractivity contribution in [3.8, 4) is 0 Å². The summed E-state index contributed by atoms with van der Waals surface area (Å²) in [6.07, 6.45) is 1.80. The molecule has 16 heavy (non-hydrogen) atoms. The summed E-state index contributed by atoms with van der Waals surface area (Å²) in [4.78, 5) is 0. The molecule has 1 unspecified atom stereocenters. The number of hydrazone groups is 1. The predicted molar refractivity (Wildman–Crippen MR) is 61.1 cm³/mol. The molecule has 0 saturated carbocycles. The lowest BCUT2D eigenvalue weighted by Gasteiger charge is -2.04. The van der Waals surface area contributed by atoms with E-state index in [2.05, 4.69) is 50.2 Å². The normalized spacial score (nSPS) is 12.8. The van der Waals surface area contributed by atoms with Crippen LogP contribution in [-0.4, -0.2) is 26.8 Å². The Morgan fingerprint density at radius 2 is 2.19 bits per heavy atom. The number of hydrogen-bond acceptors (Lipinski definition) is 5. The molecule has 1 heterocycles. The fraction of sp³-hybridized carbons (Fsp3) is 0.200. The molecule has 82 valence electrons. The second-order valence-electron chi connectivity index (χ2n) is 3.32. The minimum absolute atomic E-state index is 0.237. The third kappa shape index (κ3) is 2.63. The van der Waals surface area contributed by atoms with E-state index in [9.17, 15) is 0 Å². The van der Waals surface area contributed by atoms with Crippen LogP contribution in [0.15, 0.2) is 35.4 Å². The second kappa shape index (κ2) is 5.01. The van der Waals surface area contributed by atoms with Gasteiger partial charge in [-0.15, -0.1) is 5.10 Å². The molecule has 0 amide bonds. The molecule has 1 aromatic heterocycles. The molecule has 0 bridgehead atoms. The average Bonchev–Trinajstić information content (AvgIpc) is 2.83. The van der Waals surface area contributed by atoms with E-state index in [0.717, 1.165) is 0 Å². The molecule has 0 aliphatic heterocycles. The fourth-order valence-electron chi connectivity index (χ4n) is 1.26. The third-order valence-corrected chi connectivity index (χ3v) is 2.13.